The molecule has 1 atom stereocenters. The molecule has 1 amide bonds. The molecule has 0 bridgehead atoms. The molecule has 0 aliphatic rings. The molecule has 0 saturated heterocycles. The summed E-state index contributed by atoms with van der Waals surface area (Å²) in [5, 5.41) is 11.5. The normalized spacial score (nSPS) is 11.0. The van der Waals surface area contributed by atoms with Crippen LogP contribution in [-0.4, -0.2) is 32.2 Å². The van der Waals surface area contributed by atoms with Crippen molar-refractivity contribution in [3.63, 3.8) is 0 Å². The van der Waals surface area contributed by atoms with Crippen molar-refractivity contribution >= 4 is 17.6 Å². The Labute approximate surface area is 151 Å². The summed E-state index contributed by atoms with van der Waals surface area (Å²) >= 11 is 0. The van der Waals surface area contributed by atoms with Gasteiger partial charge in [-0.25, -0.2) is 4.79 Å². The third-order valence-corrected chi connectivity index (χ3v) is 3.53. The zero-order valence-electron chi connectivity index (χ0n) is 14.6. The first-order valence-electron chi connectivity index (χ1n) is 7.72. The number of benzene rings is 2. The van der Waals surface area contributed by atoms with Crippen LogP contribution in [0.4, 0.5) is 5.69 Å². The molecule has 1 N–H and O–H groups in total. The number of esters is 1. The van der Waals surface area contributed by atoms with E-state index in [9.17, 15) is 9.59 Å². The number of nitrogens with one attached hydrogen (secondary N) is 1. The molecule has 0 fully saturated rings. The minimum atomic E-state index is -1.03. The van der Waals surface area contributed by atoms with Crippen molar-refractivity contribution in [3.8, 4) is 17.6 Å². The van der Waals surface area contributed by atoms with Crippen molar-refractivity contribution in [1.82, 2.24) is 0 Å². The maximum absolute atomic E-state index is 12.2. The Morgan fingerprint density at radius 2 is 1.81 bits per heavy atom. The van der Waals surface area contributed by atoms with Gasteiger partial charge in [0.25, 0.3) is 5.91 Å². The number of anilines is 1. The van der Waals surface area contributed by atoms with E-state index in [1.807, 2.05) is 6.07 Å². The van der Waals surface area contributed by atoms with Crippen LogP contribution in [0, 0.1) is 11.3 Å². The van der Waals surface area contributed by atoms with Crippen LogP contribution in [0.5, 0.6) is 11.5 Å². The summed E-state index contributed by atoms with van der Waals surface area (Å²) in [6.07, 6.45) is -1.03. The predicted molar refractivity (Wildman–Crippen MR) is 94.2 cm³/mol. The van der Waals surface area contributed by atoms with Gasteiger partial charge in [-0.15, -0.1) is 0 Å². The number of carbonyl (C=O) groups is 2. The minimum absolute atomic E-state index is 0.230. The largest absolute Gasteiger partial charge is 0.493 e. The Kier molecular flexibility index (Phi) is 6.17. The third-order valence-electron chi connectivity index (χ3n) is 3.53. The molecule has 26 heavy (non-hydrogen) atoms. The second-order valence-electron chi connectivity index (χ2n) is 5.30. The average molecular weight is 354 g/mol. The van der Waals surface area contributed by atoms with Gasteiger partial charge in [0.05, 0.1) is 31.4 Å². The van der Waals surface area contributed by atoms with Crippen LogP contribution < -0.4 is 14.8 Å². The Morgan fingerprint density at radius 3 is 2.46 bits per heavy atom. The summed E-state index contributed by atoms with van der Waals surface area (Å²) in [7, 11) is 2.95. The fourth-order valence-electron chi connectivity index (χ4n) is 2.16. The van der Waals surface area contributed by atoms with Gasteiger partial charge in [-0.2, -0.15) is 5.26 Å². The van der Waals surface area contributed by atoms with E-state index in [0.29, 0.717) is 22.7 Å². The molecular weight excluding hydrogens is 336 g/mol. The summed E-state index contributed by atoms with van der Waals surface area (Å²) in [6, 6.07) is 13.0. The molecule has 2 aromatic rings. The van der Waals surface area contributed by atoms with E-state index in [-0.39, 0.29) is 5.56 Å². The van der Waals surface area contributed by atoms with Crippen LogP contribution in [0.25, 0.3) is 0 Å². The lowest BCUT2D eigenvalue weighted by Crippen LogP contribution is -2.30. The van der Waals surface area contributed by atoms with E-state index in [1.54, 1.807) is 24.3 Å². The van der Waals surface area contributed by atoms with Crippen LogP contribution in [0.15, 0.2) is 42.5 Å². The molecule has 0 aliphatic carbocycles. The van der Waals surface area contributed by atoms with Gasteiger partial charge in [-0.3, -0.25) is 4.79 Å². The van der Waals surface area contributed by atoms with Gasteiger partial charge in [0.1, 0.15) is 0 Å². The number of nitriles is 1. The van der Waals surface area contributed by atoms with E-state index >= 15 is 0 Å². The quantitative estimate of drug-likeness (QED) is 0.801. The topological polar surface area (TPSA) is 97.6 Å². The van der Waals surface area contributed by atoms with Gasteiger partial charge in [0.2, 0.25) is 0 Å². The van der Waals surface area contributed by atoms with Crippen molar-refractivity contribution in [2.45, 2.75) is 13.0 Å². The molecule has 0 radical (unpaired) electrons. The van der Waals surface area contributed by atoms with E-state index in [2.05, 4.69) is 5.32 Å². The molecular formula is C19H18N2O5. The average Bonchev–Trinajstić information content (AvgIpc) is 2.67. The highest BCUT2D eigenvalue weighted by molar-refractivity contribution is 5.97. The third kappa shape index (κ3) is 4.51. The van der Waals surface area contributed by atoms with Crippen LogP contribution in [0.1, 0.15) is 22.8 Å². The smallest absolute Gasteiger partial charge is 0.339 e. The first kappa shape index (κ1) is 18.8. The SMILES string of the molecule is COc1ccc(C(=O)O[C@@H](C)C(=O)Nc2cccc(C#N)c2)cc1OC. The van der Waals surface area contributed by atoms with Crippen molar-refractivity contribution < 1.29 is 23.8 Å². The summed E-state index contributed by atoms with van der Waals surface area (Å²) in [5.41, 5.74) is 1.09. The van der Waals surface area contributed by atoms with Gasteiger partial charge < -0.3 is 19.5 Å². The number of nitrogens with zero attached hydrogens (tertiary/aromatic N) is 1. The zero-order valence-corrected chi connectivity index (χ0v) is 14.6. The monoisotopic (exact) mass is 354 g/mol. The molecule has 7 nitrogen and oxygen atoms in total. The highest BCUT2D eigenvalue weighted by atomic mass is 16.5. The molecule has 0 aromatic heterocycles. The number of hydrogen-bond acceptors (Lipinski definition) is 6. The fraction of sp³-hybridized carbons (Fsp3) is 0.211. The molecule has 0 heterocycles. The molecule has 0 saturated carbocycles. The lowest BCUT2D eigenvalue weighted by Gasteiger charge is -2.14. The maximum atomic E-state index is 12.2. The maximum Gasteiger partial charge on any atom is 0.339 e. The van der Waals surface area contributed by atoms with Crippen LogP contribution in [0.2, 0.25) is 0 Å². The number of hydrogen-bond donors (Lipinski definition) is 1. The number of carbonyl (C=O) groups excluding carboxylic acids is 2. The standard InChI is InChI=1S/C19H18N2O5/c1-12(18(22)21-15-6-4-5-13(9-15)11-20)26-19(23)14-7-8-16(24-2)17(10-14)25-3/h4-10,12H,1-3H3,(H,21,22)/t12-/m0/s1. The molecule has 134 valence electrons. The summed E-state index contributed by atoms with van der Waals surface area (Å²) in [6.45, 7) is 1.46. The first-order chi connectivity index (χ1) is 12.5. The summed E-state index contributed by atoms with van der Waals surface area (Å²) < 4.78 is 15.4. The highest BCUT2D eigenvalue weighted by Crippen LogP contribution is 2.28. The molecule has 2 aromatic carbocycles. The molecule has 7 heteroatoms. The van der Waals surface area contributed by atoms with Crippen molar-refractivity contribution in [2.75, 3.05) is 19.5 Å². The van der Waals surface area contributed by atoms with Gasteiger partial charge in [-0.05, 0) is 43.3 Å². The first-order valence-corrected chi connectivity index (χ1v) is 7.72. The number of methoxy groups -OCH3 is 2. The summed E-state index contributed by atoms with van der Waals surface area (Å²) in [5.74, 6) is -0.312. The Hall–Kier alpha value is -3.53. The Balaban J connectivity index is 2.04. The fourth-order valence-corrected chi connectivity index (χ4v) is 2.16. The van der Waals surface area contributed by atoms with Gasteiger partial charge in [-0.1, -0.05) is 6.07 Å². The van der Waals surface area contributed by atoms with E-state index < -0.39 is 18.0 Å². The molecule has 2 rings (SSSR count). The van der Waals surface area contributed by atoms with Crippen LogP contribution in [-0.2, 0) is 9.53 Å². The molecule has 0 unspecified atom stereocenters. The van der Waals surface area contributed by atoms with Crippen molar-refractivity contribution in [3.05, 3.63) is 53.6 Å². The summed E-state index contributed by atoms with van der Waals surface area (Å²) in [4.78, 5) is 24.4. The zero-order chi connectivity index (χ0) is 19.1. The Morgan fingerprint density at radius 1 is 1.08 bits per heavy atom. The van der Waals surface area contributed by atoms with E-state index in [4.69, 9.17) is 19.5 Å². The van der Waals surface area contributed by atoms with E-state index in [1.165, 1.54) is 39.3 Å². The number of ether oxygens (including phenoxy) is 3. The second-order valence-corrected chi connectivity index (χ2v) is 5.30. The Bertz CT molecular complexity index is 857. The molecule has 0 aliphatic heterocycles. The van der Waals surface area contributed by atoms with Gasteiger partial charge in [0.15, 0.2) is 17.6 Å². The van der Waals surface area contributed by atoms with Crippen molar-refractivity contribution in [1.29, 1.82) is 5.26 Å². The van der Waals surface area contributed by atoms with Crippen LogP contribution in [0.3, 0.4) is 0 Å². The lowest BCUT2D eigenvalue weighted by atomic mass is 10.2. The number of amides is 1. The highest BCUT2D eigenvalue weighted by Gasteiger charge is 2.20. The minimum Gasteiger partial charge on any atom is -0.493 e. The van der Waals surface area contributed by atoms with Crippen molar-refractivity contribution in [2.24, 2.45) is 0 Å². The lowest BCUT2D eigenvalue weighted by molar-refractivity contribution is -0.123. The van der Waals surface area contributed by atoms with E-state index in [0.717, 1.165) is 0 Å². The number of rotatable bonds is 6. The predicted octanol–water partition coefficient (Wildman–Crippen LogP) is 2.76. The molecule has 0 spiro atoms. The van der Waals surface area contributed by atoms with Crippen LogP contribution >= 0.6 is 0 Å². The van der Waals surface area contributed by atoms with Gasteiger partial charge >= 0.3 is 5.97 Å². The van der Waals surface area contributed by atoms with Gasteiger partial charge in [0, 0.05) is 5.69 Å². The second kappa shape index (κ2) is 8.53.